The van der Waals surface area contributed by atoms with Gasteiger partial charge >= 0.3 is 10.2 Å². The number of H-pyrrole nitrogens is 1. The zero-order valence-electron chi connectivity index (χ0n) is 37.1. The average Bonchev–Trinajstić information content (AvgIpc) is 4.06. The van der Waals surface area contributed by atoms with E-state index in [-0.39, 0.29) is 49.1 Å². The molecule has 15 nitrogen and oxygen atoms in total. The number of amides is 3. The van der Waals surface area contributed by atoms with Crippen LogP contribution in [0.5, 0.6) is 5.75 Å². The Morgan fingerprint density at radius 3 is 2.40 bits per heavy atom. The van der Waals surface area contributed by atoms with Crippen LogP contribution in [0.3, 0.4) is 0 Å². The topological polar surface area (TPSA) is 177 Å². The first-order valence-electron chi connectivity index (χ1n) is 23.0. The zero-order chi connectivity index (χ0) is 46.6. The summed E-state index contributed by atoms with van der Waals surface area (Å²) in [5, 5.41) is 2.83. The van der Waals surface area contributed by atoms with E-state index in [9.17, 15) is 32.0 Å². The summed E-state index contributed by atoms with van der Waals surface area (Å²) < 4.78 is 64.2. The molecule has 0 bridgehead atoms. The van der Waals surface area contributed by atoms with Crippen LogP contribution >= 0.6 is 0 Å². The monoisotopic (exact) mass is 934 g/mol. The normalized spacial score (nSPS) is 21.3. The predicted molar refractivity (Wildman–Crippen MR) is 247 cm³/mol. The Bertz CT molecular complexity index is 2880. The Kier molecular flexibility index (Phi) is 12.0. The van der Waals surface area contributed by atoms with Gasteiger partial charge in [-0.1, -0.05) is 24.3 Å². The summed E-state index contributed by atoms with van der Waals surface area (Å²) in [6.45, 7) is 5.03. The first kappa shape index (κ1) is 44.6. The summed E-state index contributed by atoms with van der Waals surface area (Å²) in [5.74, 6) is -1.72. The minimum atomic E-state index is -4.28. The van der Waals surface area contributed by atoms with Crippen molar-refractivity contribution in [1.29, 1.82) is 0 Å². The molecule has 1 unspecified atom stereocenters. The Hall–Kier alpha value is -6.24. The highest BCUT2D eigenvalue weighted by Crippen LogP contribution is 2.37. The van der Waals surface area contributed by atoms with Gasteiger partial charge in [0.2, 0.25) is 17.6 Å². The molecular weight excluding hydrogens is 883 g/mol. The van der Waals surface area contributed by atoms with Crippen molar-refractivity contribution in [2.24, 2.45) is 5.92 Å². The molecule has 0 saturated carbocycles. The lowest BCUT2D eigenvalue weighted by atomic mass is 9.87. The van der Waals surface area contributed by atoms with E-state index in [0.29, 0.717) is 41.4 Å². The van der Waals surface area contributed by atoms with Crippen molar-refractivity contribution in [2.45, 2.75) is 69.6 Å². The molecule has 4 saturated heterocycles. The molecule has 350 valence electrons. The maximum atomic E-state index is 16.1. The first-order chi connectivity index (χ1) is 32.3. The number of benzene rings is 3. The van der Waals surface area contributed by atoms with E-state index in [4.69, 9.17) is 4.74 Å². The minimum absolute atomic E-state index is 0.0422. The van der Waals surface area contributed by atoms with E-state index in [2.05, 4.69) is 54.1 Å². The van der Waals surface area contributed by atoms with Crippen molar-refractivity contribution in [1.82, 2.24) is 29.4 Å². The Balaban J connectivity index is 0.736. The number of aromatic amines is 1. The average molecular weight is 935 g/mol. The number of alkyl halides is 1. The molecule has 0 spiro atoms. The summed E-state index contributed by atoms with van der Waals surface area (Å²) >= 11 is 0. The number of aromatic nitrogens is 2. The summed E-state index contributed by atoms with van der Waals surface area (Å²) in [6.07, 6.45) is 6.77. The van der Waals surface area contributed by atoms with Crippen molar-refractivity contribution < 1.29 is 41.1 Å². The number of methoxy groups -OCH3 is 1. The van der Waals surface area contributed by atoms with Crippen LogP contribution in [-0.2, 0) is 26.3 Å². The summed E-state index contributed by atoms with van der Waals surface area (Å²) in [6, 6.07) is 18.1. The number of imide groups is 1. The minimum Gasteiger partial charge on any atom is -0.496 e. The van der Waals surface area contributed by atoms with Crippen LogP contribution < -0.4 is 19.7 Å². The predicted octanol–water partition coefficient (Wildman–Crippen LogP) is 6.17. The van der Waals surface area contributed by atoms with E-state index < -0.39 is 51.2 Å². The molecule has 0 radical (unpaired) electrons. The number of hydrogen-bond donors (Lipinski definition) is 3. The van der Waals surface area contributed by atoms with E-state index in [1.165, 1.54) is 31.0 Å². The number of hydrogen-bond acceptors (Lipinski definition) is 10. The second-order valence-electron chi connectivity index (χ2n) is 18.4. The van der Waals surface area contributed by atoms with Crippen molar-refractivity contribution in [3.8, 4) is 16.9 Å². The molecule has 67 heavy (non-hydrogen) atoms. The molecule has 18 heteroatoms. The lowest BCUT2D eigenvalue weighted by molar-refractivity contribution is -0.136. The van der Waals surface area contributed by atoms with Crippen LogP contribution in [0.1, 0.15) is 88.3 Å². The van der Waals surface area contributed by atoms with E-state index >= 15 is 4.39 Å². The number of likely N-dealkylation sites (tertiary alicyclic amines) is 1. The number of carbonyl (C=O) groups excluding carboxylic acids is 4. The summed E-state index contributed by atoms with van der Waals surface area (Å²) in [4.78, 5) is 65.6. The highest BCUT2D eigenvalue weighted by molar-refractivity contribution is 7.90. The molecule has 2 atom stereocenters. The standard InChI is InChI=1S/C49H52F2N8O7S/c1-66-42-10-8-40(55-67(64,65)58-21-16-35(50)28-58)45(51)44(42)46(61)39-25-53-47-38(39)23-33(24-52-47)30-2-5-36(6-3-30)57-19-12-29(13-20-57)26-56-17-14-31(15-18-56)32-4-7-37-34(22-32)27-59(49(37)63)41-9-11-43(60)54-48(41)62/h2-8,10,22-25,29,31,35,41,55H,9,11-21,26-28H2,1H3,(H,52,53)(H,54,60,62)/t35?,41-/m0/s1. The lowest BCUT2D eigenvalue weighted by Crippen LogP contribution is -2.52. The van der Waals surface area contributed by atoms with Crippen LogP contribution in [0.15, 0.2) is 73.1 Å². The maximum Gasteiger partial charge on any atom is 0.301 e. The molecule has 3 amide bonds. The smallest absolute Gasteiger partial charge is 0.301 e. The van der Waals surface area contributed by atoms with E-state index in [1.807, 2.05) is 24.3 Å². The fourth-order valence-corrected chi connectivity index (χ4v) is 11.8. The van der Waals surface area contributed by atoms with Crippen LogP contribution in [0.2, 0.25) is 0 Å². The van der Waals surface area contributed by atoms with Gasteiger partial charge in [0.25, 0.3) is 5.91 Å². The Labute approximate surface area is 387 Å². The van der Waals surface area contributed by atoms with Crippen molar-refractivity contribution in [3.63, 3.8) is 0 Å². The number of nitrogens with one attached hydrogen (secondary N) is 3. The molecule has 0 aliphatic carbocycles. The van der Waals surface area contributed by atoms with Gasteiger partial charge in [0, 0.05) is 85.8 Å². The zero-order valence-corrected chi connectivity index (χ0v) is 37.9. The lowest BCUT2D eigenvalue weighted by Gasteiger charge is -2.38. The van der Waals surface area contributed by atoms with Gasteiger partial charge < -0.3 is 24.4 Å². The second-order valence-corrected chi connectivity index (χ2v) is 20.0. The second kappa shape index (κ2) is 18.1. The van der Waals surface area contributed by atoms with Crippen LogP contribution in [0.25, 0.3) is 22.2 Å². The maximum absolute atomic E-state index is 16.1. The molecule has 4 fully saturated rings. The number of piperidine rings is 3. The summed E-state index contributed by atoms with van der Waals surface area (Å²) in [7, 11) is -2.99. The number of carbonyl (C=O) groups is 4. The van der Waals surface area contributed by atoms with Gasteiger partial charge in [0.1, 0.15) is 29.2 Å². The molecule has 2 aromatic heterocycles. The van der Waals surface area contributed by atoms with Gasteiger partial charge in [-0.25, -0.2) is 13.8 Å². The van der Waals surface area contributed by atoms with Crippen molar-refractivity contribution in [3.05, 3.63) is 107 Å². The van der Waals surface area contributed by atoms with Crippen LogP contribution in [-0.4, -0.2) is 121 Å². The Morgan fingerprint density at radius 2 is 1.69 bits per heavy atom. The quantitative estimate of drug-likeness (QED) is 0.0970. The van der Waals surface area contributed by atoms with Gasteiger partial charge in [-0.05, 0) is 117 Å². The third kappa shape index (κ3) is 8.77. The first-order valence-corrected chi connectivity index (χ1v) is 24.4. The number of nitrogens with zero attached hydrogens (tertiary/aromatic N) is 5. The molecule has 5 aliphatic rings. The molecule has 5 aliphatic heterocycles. The van der Waals surface area contributed by atoms with Gasteiger partial charge in [-0.3, -0.25) is 29.2 Å². The molecule has 7 heterocycles. The number of ether oxygens (including phenoxy) is 1. The number of ketones is 1. The molecule has 10 rings (SSSR count). The van der Waals surface area contributed by atoms with Gasteiger partial charge in [0.05, 0.1) is 12.8 Å². The molecule has 3 N–H and O–H groups in total. The number of anilines is 2. The third-order valence-electron chi connectivity index (χ3n) is 14.3. The van der Waals surface area contributed by atoms with Crippen molar-refractivity contribution >= 4 is 56.1 Å². The highest BCUT2D eigenvalue weighted by Gasteiger charge is 2.40. The molecule has 3 aromatic carbocycles. The number of rotatable bonds is 12. The van der Waals surface area contributed by atoms with Gasteiger partial charge in [-0.15, -0.1) is 0 Å². The fourth-order valence-electron chi connectivity index (χ4n) is 10.5. The summed E-state index contributed by atoms with van der Waals surface area (Å²) in [5.41, 5.74) is 5.26. The van der Waals surface area contributed by atoms with Gasteiger partial charge in [0.15, 0.2) is 5.82 Å². The SMILES string of the molecule is COc1ccc(NS(=O)(=O)N2CCC(F)C2)c(F)c1C(=O)c1c[nH]c2ncc(-c3ccc(N4CCC(CN5CCC(c6ccc7c(c6)CN([C@H]6CCC(=O)NC6=O)C7=O)CC5)CC4)cc3)cc12. The fraction of sp³-hybridized carbons (Fsp3) is 0.408. The van der Waals surface area contributed by atoms with Crippen LogP contribution in [0.4, 0.5) is 20.2 Å². The Morgan fingerprint density at radius 1 is 0.910 bits per heavy atom. The molecular formula is C49H52F2N8O7S. The number of fused-ring (bicyclic) bond motifs is 2. The highest BCUT2D eigenvalue weighted by atomic mass is 32.2. The number of halogens is 2. The van der Waals surface area contributed by atoms with Crippen LogP contribution in [0, 0.1) is 11.7 Å². The molecule has 5 aromatic rings. The largest absolute Gasteiger partial charge is 0.496 e. The number of pyridine rings is 1. The third-order valence-corrected chi connectivity index (χ3v) is 15.8. The van der Waals surface area contributed by atoms with Gasteiger partial charge in [-0.2, -0.15) is 12.7 Å². The van der Waals surface area contributed by atoms with E-state index in [1.54, 1.807) is 11.1 Å². The van der Waals surface area contributed by atoms with Crippen molar-refractivity contribution in [2.75, 3.05) is 62.5 Å². The van der Waals surface area contributed by atoms with E-state index in [0.717, 1.165) is 85.1 Å².